The third-order valence-corrected chi connectivity index (χ3v) is 6.11. The maximum absolute atomic E-state index is 12.9. The Morgan fingerprint density at radius 2 is 2.15 bits per heavy atom. The van der Waals surface area contributed by atoms with E-state index in [9.17, 15) is 9.59 Å². The van der Waals surface area contributed by atoms with Gasteiger partial charge in [0.25, 0.3) is 5.91 Å². The van der Waals surface area contributed by atoms with Crippen LogP contribution < -0.4 is 0 Å². The highest BCUT2D eigenvalue weighted by atomic mass is 16.5. The molecule has 2 aromatic rings. The number of nitrogens with one attached hydrogen (secondary N) is 1. The van der Waals surface area contributed by atoms with E-state index < -0.39 is 0 Å². The molecule has 1 N–H and O–H groups in total. The number of fused-ring (bicyclic) bond motifs is 2. The summed E-state index contributed by atoms with van der Waals surface area (Å²) >= 11 is 0. The largest absolute Gasteiger partial charge is 0.376 e. The predicted molar refractivity (Wildman–Crippen MR) is 96.7 cm³/mol. The van der Waals surface area contributed by atoms with Crippen LogP contribution in [0.1, 0.15) is 23.3 Å². The smallest absolute Gasteiger partial charge is 0.270 e. The van der Waals surface area contributed by atoms with Gasteiger partial charge in [-0.3, -0.25) is 9.59 Å². The highest BCUT2D eigenvalue weighted by Crippen LogP contribution is 2.35. The maximum Gasteiger partial charge on any atom is 0.270 e. The number of aromatic nitrogens is 1. The van der Waals surface area contributed by atoms with Crippen molar-refractivity contribution in [2.45, 2.75) is 18.9 Å². The Kier molecular flexibility index (Phi) is 3.74. The van der Waals surface area contributed by atoms with E-state index in [1.54, 1.807) is 0 Å². The first kappa shape index (κ1) is 15.9. The molecule has 0 bridgehead atoms. The molecular weight excluding hydrogens is 330 g/mol. The van der Waals surface area contributed by atoms with Crippen LogP contribution in [0, 0.1) is 11.8 Å². The van der Waals surface area contributed by atoms with Crippen LogP contribution in [-0.4, -0.2) is 65.5 Å². The summed E-state index contributed by atoms with van der Waals surface area (Å²) < 4.78 is 5.97. The summed E-state index contributed by atoms with van der Waals surface area (Å²) in [6, 6.07) is 9.85. The summed E-state index contributed by atoms with van der Waals surface area (Å²) in [4.78, 5) is 31.9. The lowest BCUT2D eigenvalue weighted by molar-refractivity contribution is -0.128. The molecule has 2 amide bonds. The van der Waals surface area contributed by atoms with Gasteiger partial charge < -0.3 is 19.5 Å². The zero-order valence-electron chi connectivity index (χ0n) is 14.7. The molecule has 0 unspecified atom stereocenters. The van der Waals surface area contributed by atoms with Gasteiger partial charge in [-0.05, 0) is 18.6 Å². The Bertz CT molecular complexity index is 828. The average molecular weight is 353 g/mol. The number of likely N-dealkylation sites (tertiary alicyclic amines) is 2. The number of amides is 2. The van der Waals surface area contributed by atoms with E-state index in [0.717, 1.165) is 30.4 Å². The summed E-state index contributed by atoms with van der Waals surface area (Å²) in [5, 5.41) is 1.05. The number of para-hydroxylation sites is 1. The van der Waals surface area contributed by atoms with E-state index in [1.807, 2.05) is 40.1 Å². The number of ether oxygens (including phenoxy) is 1. The molecule has 6 nitrogen and oxygen atoms in total. The van der Waals surface area contributed by atoms with Crippen molar-refractivity contribution in [2.75, 3.05) is 32.8 Å². The molecule has 0 saturated carbocycles. The van der Waals surface area contributed by atoms with E-state index in [2.05, 4.69) is 4.98 Å². The molecule has 5 rings (SSSR count). The Morgan fingerprint density at radius 1 is 1.27 bits per heavy atom. The highest BCUT2D eigenvalue weighted by Gasteiger charge is 2.46. The third-order valence-electron chi connectivity index (χ3n) is 6.11. The molecular formula is C20H23N3O3. The Hall–Kier alpha value is -2.34. The molecule has 3 saturated heterocycles. The zero-order valence-corrected chi connectivity index (χ0v) is 14.7. The van der Waals surface area contributed by atoms with Crippen molar-refractivity contribution in [2.24, 2.45) is 11.8 Å². The van der Waals surface area contributed by atoms with Crippen LogP contribution >= 0.6 is 0 Å². The summed E-state index contributed by atoms with van der Waals surface area (Å²) in [6.45, 7) is 3.70. The Balaban J connectivity index is 1.29. The van der Waals surface area contributed by atoms with Gasteiger partial charge in [0.2, 0.25) is 5.91 Å². The van der Waals surface area contributed by atoms with Crippen molar-refractivity contribution in [3.63, 3.8) is 0 Å². The fourth-order valence-electron chi connectivity index (χ4n) is 4.69. The minimum Gasteiger partial charge on any atom is -0.376 e. The number of carbonyl (C=O) groups is 2. The van der Waals surface area contributed by atoms with Crippen molar-refractivity contribution in [1.29, 1.82) is 0 Å². The standard InChI is InChI=1S/C20H23N3O3/c24-19-6-3-7-22(19)9-14-12-26-18-11-23(10-15(14)18)20(25)17-8-13-4-1-2-5-16(13)21-17/h1-2,4-5,8,14-15,18,21H,3,6-7,9-12H2/t14-,15-,18-/m1/s1. The quantitative estimate of drug-likeness (QED) is 0.916. The van der Waals surface area contributed by atoms with E-state index in [1.165, 1.54) is 0 Å². The van der Waals surface area contributed by atoms with Gasteiger partial charge >= 0.3 is 0 Å². The van der Waals surface area contributed by atoms with Crippen LogP contribution in [0.5, 0.6) is 0 Å². The third kappa shape index (κ3) is 2.60. The number of hydrogen-bond acceptors (Lipinski definition) is 3. The molecule has 3 aliphatic heterocycles. The van der Waals surface area contributed by atoms with Gasteiger partial charge in [0.1, 0.15) is 5.69 Å². The lowest BCUT2D eigenvalue weighted by Crippen LogP contribution is -2.36. The first-order chi connectivity index (χ1) is 12.7. The number of benzene rings is 1. The van der Waals surface area contributed by atoms with E-state index in [-0.39, 0.29) is 17.9 Å². The first-order valence-corrected chi connectivity index (χ1v) is 9.45. The number of aromatic amines is 1. The average Bonchev–Trinajstić information content (AvgIpc) is 3.39. The fourth-order valence-corrected chi connectivity index (χ4v) is 4.69. The molecule has 3 atom stereocenters. The summed E-state index contributed by atoms with van der Waals surface area (Å²) in [5.41, 5.74) is 1.62. The zero-order chi connectivity index (χ0) is 17.7. The normalized spacial score (nSPS) is 28.3. The monoisotopic (exact) mass is 353 g/mol. The molecule has 3 aliphatic rings. The minimum atomic E-state index is 0.0372. The van der Waals surface area contributed by atoms with Crippen molar-refractivity contribution >= 4 is 22.7 Å². The number of nitrogens with zero attached hydrogens (tertiary/aromatic N) is 2. The second kappa shape index (κ2) is 6.13. The molecule has 0 aliphatic carbocycles. The molecule has 1 aromatic heterocycles. The lowest BCUT2D eigenvalue weighted by Gasteiger charge is -2.24. The lowest BCUT2D eigenvalue weighted by atomic mass is 9.93. The highest BCUT2D eigenvalue weighted by molar-refractivity contribution is 5.98. The SMILES string of the molecule is O=C1CCCN1C[C@@H]1CO[C@@H]2CN(C(=O)c3cc4ccccc4[nH]3)C[C@H]12. The van der Waals surface area contributed by atoms with E-state index in [0.29, 0.717) is 43.6 Å². The molecule has 0 radical (unpaired) electrons. The molecule has 0 spiro atoms. The van der Waals surface area contributed by atoms with Crippen LogP contribution in [0.25, 0.3) is 10.9 Å². The molecule has 136 valence electrons. The van der Waals surface area contributed by atoms with Gasteiger partial charge in [0, 0.05) is 55.3 Å². The second-order valence-electron chi connectivity index (χ2n) is 7.72. The predicted octanol–water partition coefficient (Wildman–Crippen LogP) is 1.88. The van der Waals surface area contributed by atoms with E-state index >= 15 is 0 Å². The molecule has 1 aromatic carbocycles. The van der Waals surface area contributed by atoms with Crippen LogP contribution in [-0.2, 0) is 9.53 Å². The Labute approximate surface area is 152 Å². The summed E-state index contributed by atoms with van der Waals surface area (Å²) in [7, 11) is 0. The number of hydrogen-bond donors (Lipinski definition) is 1. The van der Waals surface area contributed by atoms with Crippen molar-refractivity contribution < 1.29 is 14.3 Å². The van der Waals surface area contributed by atoms with Crippen LogP contribution in [0.2, 0.25) is 0 Å². The summed E-state index contributed by atoms with van der Waals surface area (Å²) in [6.07, 6.45) is 1.74. The van der Waals surface area contributed by atoms with Gasteiger partial charge in [0.15, 0.2) is 0 Å². The molecule has 4 heterocycles. The number of carbonyl (C=O) groups excluding carboxylic acids is 2. The first-order valence-electron chi connectivity index (χ1n) is 9.45. The summed E-state index contributed by atoms with van der Waals surface area (Å²) in [5.74, 6) is 0.965. The molecule has 3 fully saturated rings. The molecule has 6 heteroatoms. The van der Waals surface area contributed by atoms with Gasteiger partial charge in [-0.25, -0.2) is 0 Å². The van der Waals surface area contributed by atoms with Crippen LogP contribution in [0.3, 0.4) is 0 Å². The second-order valence-corrected chi connectivity index (χ2v) is 7.72. The van der Waals surface area contributed by atoms with Crippen molar-refractivity contribution in [3.05, 3.63) is 36.0 Å². The topological polar surface area (TPSA) is 65.6 Å². The number of H-pyrrole nitrogens is 1. The van der Waals surface area contributed by atoms with Gasteiger partial charge in [0.05, 0.1) is 12.7 Å². The molecule has 26 heavy (non-hydrogen) atoms. The fraction of sp³-hybridized carbons (Fsp3) is 0.500. The Morgan fingerprint density at radius 3 is 2.96 bits per heavy atom. The van der Waals surface area contributed by atoms with Crippen molar-refractivity contribution in [3.8, 4) is 0 Å². The van der Waals surface area contributed by atoms with Gasteiger partial charge in [-0.1, -0.05) is 18.2 Å². The minimum absolute atomic E-state index is 0.0372. The maximum atomic E-state index is 12.9. The van der Waals surface area contributed by atoms with E-state index in [4.69, 9.17) is 4.74 Å². The number of rotatable bonds is 3. The van der Waals surface area contributed by atoms with Crippen molar-refractivity contribution in [1.82, 2.24) is 14.8 Å². The van der Waals surface area contributed by atoms with Crippen LogP contribution in [0.4, 0.5) is 0 Å². The van der Waals surface area contributed by atoms with Gasteiger partial charge in [-0.15, -0.1) is 0 Å². The van der Waals surface area contributed by atoms with Gasteiger partial charge in [-0.2, -0.15) is 0 Å². The van der Waals surface area contributed by atoms with Crippen LogP contribution in [0.15, 0.2) is 30.3 Å².